The second-order valence-corrected chi connectivity index (χ2v) is 9.51. The minimum Gasteiger partial charge on any atom is -0.301 e. The number of hydrogen-bond donors (Lipinski definition) is 1. The Hall–Kier alpha value is -1.83. The second kappa shape index (κ2) is 7.30. The topological polar surface area (TPSA) is 58.1 Å². The molecule has 1 saturated heterocycles. The summed E-state index contributed by atoms with van der Waals surface area (Å²) in [6, 6.07) is 8.35. The number of amides is 1. The predicted octanol–water partition coefficient (Wildman–Crippen LogP) is 4.06. The summed E-state index contributed by atoms with van der Waals surface area (Å²) in [5, 5.41) is 5.02. The molecule has 1 aliphatic carbocycles. The van der Waals surface area contributed by atoms with Crippen LogP contribution in [-0.2, 0) is 17.6 Å². The third-order valence-corrected chi connectivity index (χ3v) is 7.73. The lowest BCUT2D eigenvalue weighted by Gasteiger charge is -2.30. The first-order valence-corrected chi connectivity index (χ1v) is 11.2. The number of benzene rings is 1. The minimum absolute atomic E-state index is 0.0564. The van der Waals surface area contributed by atoms with E-state index in [0.29, 0.717) is 12.5 Å². The first kappa shape index (κ1) is 17.3. The number of piperidine rings is 1. The maximum Gasteiger partial charge on any atom is 0.240 e. The predicted molar refractivity (Wildman–Crippen MR) is 111 cm³/mol. The summed E-state index contributed by atoms with van der Waals surface area (Å²) >= 11 is 3.46. The summed E-state index contributed by atoms with van der Waals surface area (Å²) in [5.41, 5.74) is 2.29. The van der Waals surface area contributed by atoms with Crippen LogP contribution in [0.5, 0.6) is 0 Å². The Kier molecular flexibility index (Phi) is 4.67. The average Bonchev–Trinajstić information content (AvgIpc) is 3.36. The molecule has 7 heteroatoms. The molecule has 5 nitrogen and oxygen atoms in total. The molecule has 0 radical (unpaired) electrons. The Morgan fingerprint density at radius 3 is 2.81 bits per heavy atom. The van der Waals surface area contributed by atoms with Gasteiger partial charge in [-0.2, -0.15) is 0 Å². The average molecular weight is 399 g/mol. The van der Waals surface area contributed by atoms with E-state index >= 15 is 0 Å². The highest BCUT2D eigenvalue weighted by molar-refractivity contribution is 7.18. The molecule has 5 rings (SSSR count). The molecule has 0 unspecified atom stereocenters. The molecule has 0 atom stereocenters. The number of likely N-dealkylation sites (tertiary alicyclic amines) is 1. The van der Waals surface area contributed by atoms with Gasteiger partial charge in [-0.3, -0.25) is 9.69 Å². The number of anilines is 1. The zero-order chi connectivity index (χ0) is 18.2. The normalized spacial score (nSPS) is 18.1. The number of aryl methyl sites for hydroxylation is 2. The number of nitrogens with one attached hydrogen (secondary N) is 1. The van der Waals surface area contributed by atoms with Crippen molar-refractivity contribution in [2.24, 2.45) is 0 Å². The van der Waals surface area contributed by atoms with Crippen LogP contribution in [0.1, 0.15) is 40.8 Å². The van der Waals surface area contributed by atoms with Crippen molar-refractivity contribution in [3.63, 3.8) is 0 Å². The number of aromatic nitrogens is 2. The fourth-order valence-corrected chi connectivity index (χ4v) is 6.21. The first-order valence-electron chi connectivity index (χ1n) is 9.61. The zero-order valence-electron chi connectivity index (χ0n) is 15.1. The summed E-state index contributed by atoms with van der Waals surface area (Å²) in [4.78, 5) is 25.4. The summed E-state index contributed by atoms with van der Waals surface area (Å²) < 4.78 is 1.27. The smallest absolute Gasteiger partial charge is 0.240 e. The van der Waals surface area contributed by atoms with Crippen molar-refractivity contribution >= 4 is 43.9 Å². The maximum atomic E-state index is 12.4. The number of carbonyl (C=O) groups is 1. The van der Waals surface area contributed by atoms with Crippen LogP contribution in [0.3, 0.4) is 0 Å². The van der Waals surface area contributed by atoms with Gasteiger partial charge in [0.1, 0.15) is 0 Å². The van der Waals surface area contributed by atoms with Crippen molar-refractivity contribution in [3.05, 3.63) is 39.8 Å². The van der Waals surface area contributed by atoms with Gasteiger partial charge in [0.05, 0.1) is 27.5 Å². The quantitative estimate of drug-likeness (QED) is 0.720. The zero-order valence-corrected chi connectivity index (χ0v) is 16.7. The third-order valence-electron chi connectivity index (χ3n) is 5.46. The summed E-state index contributed by atoms with van der Waals surface area (Å²) in [6.07, 6.45) is 5.51. The SMILES string of the molecule is O=C(CN1CCC(c2nc3ccccc3s2)CC1)Nc1nc2c(s1)CCC2. The van der Waals surface area contributed by atoms with Crippen LogP contribution in [0.15, 0.2) is 24.3 Å². The van der Waals surface area contributed by atoms with Crippen molar-refractivity contribution in [1.29, 1.82) is 0 Å². The summed E-state index contributed by atoms with van der Waals surface area (Å²) in [7, 11) is 0. The highest BCUT2D eigenvalue weighted by Gasteiger charge is 2.25. The molecule has 2 aromatic heterocycles. The molecule has 0 saturated carbocycles. The molecule has 1 amide bonds. The van der Waals surface area contributed by atoms with Gasteiger partial charge in [0.2, 0.25) is 5.91 Å². The fraction of sp³-hybridized carbons (Fsp3) is 0.450. The molecule has 27 heavy (non-hydrogen) atoms. The van der Waals surface area contributed by atoms with Gasteiger partial charge in [0.15, 0.2) is 5.13 Å². The van der Waals surface area contributed by atoms with Crippen LogP contribution < -0.4 is 5.32 Å². The lowest BCUT2D eigenvalue weighted by molar-refractivity contribution is -0.117. The van der Waals surface area contributed by atoms with Crippen molar-refractivity contribution in [2.45, 2.75) is 38.0 Å². The van der Waals surface area contributed by atoms with Gasteiger partial charge < -0.3 is 5.32 Å². The van der Waals surface area contributed by atoms with Crippen LogP contribution in [0, 0.1) is 0 Å². The Bertz CT molecular complexity index is 917. The monoisotopic (exact) mass is 398 g/mol. The van der Waals surface area contributed by atoms with Crippen molar-refractivity contribution < 1.29 is 4.79 Å². The van der Waals surface area contributed by atoms with E-state index < -0.39 is 0 Å². The molecule has 3 heterocycles. The molecule has 140 valence electrons. The van der Waals surface area contributed by atoms with Crippen LogP contribution in [0.2, 0.25) is 0 Å². The van der Waals surface area contributed by atoms with Gasteiger partial charge in [-0.25, -0.2) is 9.97 Å². The number of para-hydroxylation sites is 1. The van der Waals surface area contributed by atoms with Crippen LogP contribution in [0.4, 0.5) is 5.13 Å². The fourth-order valence-electron chi connectivity index (χ4n) is 4.01. The Balaban J connectivity index is 1.15. The number of rotatable bonds is 4. The van der Waals surface area contributed by atoms with Gasteiger partial charge >= 0.3 is 0 Å². The lowest BCUT2D eigenvalue weighted by atomic mass is 9.97. The number of fused-ring (bicyclic) bond motifs is 2. The van der Waals surface area contributed by atoms with E-state index in [1.807, 2.05) is 17.4 Å². The van der Waals surface area contributed by atoms with E-state index in [1.54, 1.807) is 11.3 Å². The van der Waals surface area contributed by atoms with E-state index in [2.05, 4.69) is 33.4 Å². The van der Waals surface area contributed by atoms with E-state index in [0.717, 1.165) is 49.4 Å². The van der Waals surface area contributed by atoms with Gasteiger partial charge in [-0.1, -0.05) is 12.1 Å². The summed E-state index contributed by atoms with van der Waals surface area (Å²) in [6.45, 7) is 2.35. The Morgan fingerprint density at radius 1 is 1.15 bits per heavy atom. The van der Waals surface area contributed by atoms with Crippen LogP contribution in [0.25, 0.3) is 10.2 Å². The maximum absolute atomic E-state index is 12.4. The van der Waals surface area contributed by atoms with E-state index in [1.165, 1.54) is 26.7 Å². The lowest BCUT2D eigenvalue weighted by Crippen LogP contribution is -2.38. The minimum atomic E-state index is 0.0564. The standard InChI is InChI=1S/C20H22N4OS2/c25-18(23-20-22-15-5-3-7-17(15)27-20)12-24-10-8-13(9-11-24)19-21-14-4-1-2-6-16(14)26-19/h1-2,4,6,13H,3,5,7-12H2,(H,22,23,25). The van der Waals surface area contributed by atoms with Crippen molar-refractivity contribution in [3.8, 4) is 0 Å². The molecule has 1 aromatic carbocycles. The van der Waals surface area contributed by atoms with E-state index in [4.69, 9.17) is 4.98 Å². The molecule has 2 aliphatic rings. The first-order chi connectivity index (χ1) is 13.2. The van der Waals surface area contributed by atoms with Gasteiger partial charge in [-0.15, -0.1) is 22.7 Å². The third kappa shape index (κ3) is 3.63. The van der Waals surface area contributed by atoms with E-state index in [9.17, 15) is 4.79 Å². The molecular weight excluding hydrogens is 376 g/mol. The van der Waals surface area contributed by atoms with Gasteiger partial charge in [0.25, 0.3) is 0 Å². The van der Waals surface area contributed by atoms with Crippen LogP contribution in [-0.4, -0.2) is 40.4 Å². The van der Waals surface area contributed by atoms with Crippen LogP contribution >= 0.6 is 22.7 Å². The second-order valence-electron chi connectivity index (χ2n) is 7.36. The van der Waals surface area contributed by atoms with Crippen molar-refractivity contribution in [1.82, 2.24) is 14.9 Å². The van der Waals surface area contributed by atoms with Gasteiger partial charge in [0, 0.05) is 10.8 Å². The van der Waals surface area contributed by atoms with E-state index in [-0.39, 0.29) is 5.91 Å². The molecule has 1 N–H and O–H groups in total. The molecule has 0 bridgehead atoms. The number of thiazole rings is 2. The molecular formula is C20H22N4OS2. The molecule has 1 aliphatic heterocycles. The van der Waals surface area contributed by atoms with Crippen molar-refractivity contribution in [2.75, 3.05) is 25.0 Å². The highest BCUT2D eigenvalue weighted by atomic mass is 32.1. The molecule has 3 aromatic rings. The highest BCUT2D eigenvalue weighted by Crippen LogP contribution is 2.34. The number of carbonyl (C=O) groups excluding carboxylic acids is 1. The largest absolute Gasteiger partial charge is 0.301 e. The number of hydrogen-bond acceptors (Lipinski definition) is 6. The number of nitrogens with zero attached hydrogens (tertiary/aromatic N) is 3. The Morgan fingerprint density at radius 2 is 2.00 bits per heavy atom. The summed E-state index contributed by atoms with van der Waals surface area (Å²) in [5.74, 6) is 0.574. The molecule has 1 fully saturated rings. The Labute approximate surface area is 166 Å². The van der Waals surface area contributed by atoms with Gasteiger partial charge in [-0.05, 0) is 57.3 Å². The molecule has 0 spiro atoms.